The lowest BCUT2D eigenvalue weighted by Crippen LogP contribution is -2.15. The number of nitrogens with one attached hydrogen (secondary N) is 1. The van der Waals surface area contributed by atoms with Gasteiger partial charge in [-0.25, -0.2) is 0 Å². The Balaban J connectivity index is 1.99. The lowest BCUT2D eigenvalue weighted by Gasteiger charge is -2.12. The second-order valence-corrected chi connectivity index (χ2v) is 6.13. The molecule has 0 bridgehead atoms. The first-order valence-electron chi connectivity index (χ1n) is 6.95. The number of aryl methyl sites for hydroxylation is 4. The van der Waals surface area contributed by atoms with Gasteiger partial charge in [0.15, 0.2) is 0 Å². The number of nitrogens with zero attached hydrogens (tertiary/aromatic N) is 1. The molecular formula is C17H19BrN2O. The van der Waals surface area contributed by atoms with Gasteiger partial charge >= 0.3 is 0 Å². The molecule has 0 spiro atoms. The number of pyridine rings is 1. The van der Waals surface area contributed by atoms with Gasteiger partial charge in [0.05, 0.1) is 11.4 Å². The molecule has 1 aromatic heterocycles. The predicted molar refractivity (Wildman–Crippen MR) is 89.5 cm³/mol. The van der Waals surface area contributed by atoms with E-state index in [1.807, 2.05) is 51.1 Å². The smallest absolute Gasteiger partial charge is 0.224 e. The Morgan fingerprint density at radius 3 is 2.67 bits per heavy atom. The number of carbonyl (C=O) groups excluding carboxylic acids is 1. The van der Waals surface area contributed by atoms with Gasteiger partial charge in [-0.3, -0.25) is 9.78 Å². The van der Waals surface area contributed by atoms with Gasteiger partial charge in [-0.15, -0.1) is 0 Å². The van der Waals surface area contributed by atoms with Crippen molar-refractivity contribution in [3.63, 3.8) is 0 Å². The molecule has 0 aliphatic rings. The van der Waals surface area contributed by atoms with Gasteiger partial charge in [0.2, 0.25) is 5.91 Å². The van der Waals surface area contributed by atoms with Crippen LogP contribution in [-0.2, 0) is 11.2 Å². The van der Waals surface area contributed by atoms with Crippen LogP contribution in [0.15, 0.2) is 34.8 Å². The van der Waals surface area contributed by atoms with Gasteiger partial charge in [-0.1, -0.05) is 28.1 Å². The molecule has 0 fully saturated rings. The molecule has 1 N–H and O–H groups in total. The fraction of sp³-hybridized carbons (Fsp3) is 0.294. The second kappa shape index (κ2) is 6.85. The van der Waals surface area contributed by atoms with Gasteiger partial charge < -0.3 is 5.32 Å². The first-order chi connectivity index (χ1) is 9.95. The van der Waals surface area contributed by atoms with Gasteiger partial charge in [-0.05, 0) is 56.5 Å². The van der Waals surface area contributed by atoms with E-state index in [1.54, 1.807) is 0 Å². The maximum absolute atomic E-state index is 12.1. The number of anilines is 1. The molecule has 0 saturated heterocycles. The predicted octanol–water partition coefficient (Wildman–Crippen LogP) is 4.34. The Morgan fingerprint density at radius 2 is 2.00 bits per heavy atom. The lowest BCUT2D eigenvalue weighted by molar-refractivity contribution is -0.116. The third-order valence-electron chi connectivity index (χ3n) is 3.32. The van der Waals surface area contributed by atoms with Crippen LogP contribution >= 0.6 is 15.9 Å². The van der Waals surface area contributed by atoms with Crippen LogP contribution in [0.2, 0.25) is 0 Å². The maximum atomic E-state index is 12.1. The molecule has 0 unspecified atom stereocenters. The third kappa shape index (κ3) is 4.39. The zero-order chi connectivity index (χ0) is 15.4. The first kappa shape index (κ1) is 15.7. The summed E-state index contributed by atoms with van der Waals surface area (Å²) in [5.74, 6) is 0.0202. The summed E-state index contributed by atoms with van der Waals surface area (Å²) in [5, 5.41) is 2.98. The molecule has 3 nitrogen and oxygen atoms in total. The van der Waals surface area contributed by atoms with E-state index in [1.165, 1.54) is 0 Å². The number of hydrogen-bond acceptors (Lipinski definition) is 2. The molecule has 0 aliphatic heterocycles. The highest BCUT2D eigenvalue weighted by Crippen LogP contribution is 2.20. The van der Waals surface area contributed by atoms with Crippen molar-refractivity contribution in [2.45, 2.75) is 33.6 Å². The van der Waals surface area contributed by atoms with Crippen molar-refractivity contribution >= 4 is 27.5 Å². The van der Waals surface area contributed by atoms with Crippen LogP contribution in [-0.4, -0.2) is 10.9 Å². The van der Waals surface area contributed by atoms with E-state index < -0.39 is 0 Å². The molecule has 1 aromatic carbocycles. The van der Waals surface area contributed by atoms with Crippen LogP contribution in [0.3, 0.4) is 0 Å². The highest BCUT2D eigenvalue weighted by Gasteiger charge is 2.09. The molecule has 0 radical (unpaired) electrons. The van der Waals surface area contributed by atoms with Crippen molar-refractivity contribution in [3.8, 4) is 0 Å². The summed E-state index contributed by atoms with van der Waals surface area (Å²) >= 11 is 3.44. The van der Waals surface area contributed by atoms with Crippen LogP contribution in [0.1, 0.15) is 28.9 Å². The molecule has 2 aromatic rings. The Labute approximate surface area is 133 Å². The monoisotopic (exact) mass is 346 g/mol. The van der Waals surface area contributed by atoms with Crippen molar-refractivity contribution < 1.29 is 4.79 Å². The minimum Gasteiger partial charge on any atom is -0.324 e. The molecule has 0 atom stereocenters. The van der Waals surface area contributed by atoms with E-state index in [9.17, 15) is 4.79 Å². The summed E-state index contributed by atoms with van der Waals surface area (Å²) in [6.45, 7) is 5.87. The molecule has 2 rings (SSSR count). The SMILES string of the molecule is Cc1cc(C)c(NC(=O)CCc2cccc(Br)c2)c(C)n1. The van der Waals surface area contributed by atoms with E-state index >= 15 is 0 Å². The number of rotatable bonds is 4. The molecule has 4 heteroatoms. The van der Waals surface area contributed by atoms with Crippen molar-refractivity contribution in [3.05, 3.63) is 57.3 Å². The van der Waals surface area contributed by atoms with E-state index in [2.05, 4.69) is 26.2 Å². The van der Waals surface area contributed by atoms with Crippen LogP contribution in [0.4, 0.5) is 5.69 Å². The summed E-state index contributed by atoms with van der Waals surface area (Å²) in [4.78, 5) is 16.5. The van der Waals surface area contributed by atoms with E-state index in [-0.39, 0.29) is 5.91 Å². The zero-order valence-corrected chi connectivity index (χ0v) is 14.1. The van der Waals surface area contributed by atoms with Crippen molar-refractivity contribution in [1.82, 2.24) is 4.98 Å². The normalized spacial score (nSPS) is 10.5. The number of amides is 1. The number of aromatic nitrogens is 1. The third-order valence-corrected chi connectivity index (χ3v) is 3.81. The minimum absolute atomic E-state index is 0.0202. The van der Waals surface area contributed by atoms with Crippen LogP contribution < -0.4 is 5.32 Å². The standard InChI is InChI=1S/C17H19BrN2O/c1-11-9-12(2)19-13(3)17(11)20-16(21)8-7-14-5-4-6-15(18)10-14/h4-6,9-10H,7-8H2,1-3H3,(H,20,21). The fourth-order valence-electron chi connectivity index (χ4n) is 2.36. The quantitative estimate of drug-likeness (QED) is 0.894. The average molecular weight is 347 g/mol. The Morgan fingerprint density at radius 1 is 1.24 bits per heavy atom. The highest BCUT2D eigenvalue weighted by molar-refractivity contribution is 9.10. The van der Waals surface area contributed by atoms with Crippen LogP contribution in [0, 0.1) is 20.8 Å². The second-order valence-electron chi connectivity index (χ2n) is 5.22. The lowest BCUT2D eigenvalue weighted by atomic mass is 10.1. The van der Waals surface area contributed by atoms with Crippen molar-refractivity contribution in [2.24, 2.45) is 0 Å². The summed E-state index contributed by atoms with van der Waals surface area (Å²) < 4.78 is 1.04. The Hall–Kier alpha value is -1.68. The van der Waals surface area contributed by atoms with Gasteiger partial charge in [-0.2, -0.15) is 0 Å². The van der Waals surface area contributed by atoms with Crippen LogP contribution in [0.25, 0.3) is 0 Å². The van der Waals surface area contributed by atoms with Gasteiger partial charge in [0, 0.05) is 16.6 Å². The summed E-state index contributed by atoms with van der Waals surface area (Å²) in [5.41, 5.74) is 4.87. The van der Waals surface area contributed by atoms with E-state index in [0.29, 0.717) is 6.42 Å². The topological polar surface area (TPSA) is 42.0 Å². The van der Waals surface area contributed by atoms with Gasteiger partial charge in [0.1, 0.15) is 0 Å². The van der Waals surface area contributed by atoms with Crippen molar-refractivity contribution in [2.75, 3.05) is 5.32 Å². The first-order valence-corrected chi connectivity index (χ1v) is 7.74. The molecule has 1 amide bonds. The molecule has 0 saturated carbocycles. The average Bonchev–Trinajstić information content (AvgIpc) is 2.40. The Kier molecular flexibility index (Phi) is 5.12. The van der Waals surface area contributed by atoms with E-state index in [4.69, 9.17) is 0 Å². The molecule has 110 valence electrons. The minimum atomic E-state index is 0.0202. The number of benzene rings is 1. The zero-order valence-electron chi connectivity index (χ0n) is 12.5. The summed E-state index contributed by atoms with van der Waals surface area (Å²) in [7, 11) is 0. The molecule has 0 aliphatic carbocycles. The highest BCUT2D eigenvalue weighted by atomic mass is 79.9. The van der Waals surface area contributed by atoms with E-state index in [0.717, 1.165) is 39.1 Å². The van der Waals surface area contributed by atoms with Gasteiger partial charge in [0.25, 0.3) is 0 Å². The summed E-state index contributed by atoms with van der Waals surface area (Å²) in [6.07, 6.45) is 1.19. The largest absolute Gasteiger partial charge is 0.324 e. The van der Waals surface area contributed by atoms with Crippen molar-refractivity contribution in [1.29, 1.82) is 0 Å². The Bertz CT molecular complexity index is 645. The van der Waals surface area contributed by atoms with Crippen LogP contribution in [0.5, 0.6) is 0 Å². The number of carbonyl (C=O) groups is 1. The number of hydrogen-bond donors (Lipinski definition) is 1. The fourth-order valence-corrected chi connectivity index (χ4v) is 2.81. The summed E-state index contributed by atoms with van der Waals surface area (Å²) in [6, 6.07) is 10.0. The molecule has 1 heterocycles. The maximum Gasteiger partial charge on any atom is 0.224 e. The molecule has 21 heavy (non-hydrogen) atoms. The number of halogens is 1. The molecular weight excluding hydrogens is 328 g/mol.